The molecule has 37 heavy (non-hydrogen) atoms. The van der Waals surface area contributed by atoms with Crippen LogP contribution in [0.2, 0.25) is 0 Å². The van der Waals surface area contributed by atoms with Gasteiger partial charge in [0.1, 0.15) is 6.04 Å². The number of aliphatic hydroxyl groups excluding tert-OH is 1. The summed E-state index contributed by atoms with van der Waals surface area (Å²) in [6, 6.07) is 20.7. The maximum Gasteiger partial charge on any atom is 0.247 e. The molecule has 0 aromatic heterocycles. The molecular weight excluding hydrogens is 470 g/mol. The van der Waals surface area contributed by atoms with Gasteiger partial charge < -0.3 is 24.8 Å². The molecule has 8 nitrogen and oxygen atoms in total. The van der Waals surface area contributed by atoms with E-state index in [1.807, 2.05) is 66.7 Å². The van der Waals surface area contributed by atoms with Gasteiger partial charge in [-0.2, -0.15) is 0 Å². The summed E-state index contributed by atoms with van der Waals surface area (Å²) in [6.45, 7) is 3.03. The molecule has 2 heterocycles. The number of amides is 2. The number of aliphatic hydroxyl groups is 1. The first kappa shape index (κ1) is 23.5. The zero-order chi connectivity index (χ0) is 25.4. The molecule has 3 aromatic carbocycles. The van der Waals surface area contributed by atoms with Crippen molar-refractivity contribution in [3.05, 3.63) is 83.4 Å². The van der Waals surface area contributed by atoms with Crippen LogP contribution in [0.15, 0.2) is 66.7 Å². The van der Waals surface area contributed by atoms with Crippen molar-refractivity contribution in [2.24, 2.45) is 0 Å². The number of piperazine rings is 1. The normalized spacial score (nSPS) is 17.3. The van der Waals surface area contributed by atoms with Gasteiger partial charge in [-0.25, -0.2) is 0 Å². The number of carbonyl (C=O) groups excluding carboxylic acids is 2. The van der Waals surface area contributed by atoms with Gasteiger partial charge in [0.05, 0.1) is 12.5 Å². The highest BCUT2D eigenvalue weighted by atomic mass is 16.7. The van der Waals surface area contributed by atoms with Crippen LogP contribution in [0.1, 0.15) is 22.6 Å². The molecule has 1 unspecified atom stereocenters. The number of ether oxygens (including phenoxy) is 2. The maximum atomic E-state index is 13.4. The third-order valence-electron chi connectivity index (χ3n) is 7.42. The molecule has 2 amide bonds. The number of hydrogen-bond acceptors (Lipinski definition) is 6. The van der Waals surface area contributed by atoms with Crippen LogP contribution in [-0.4, -0.2) is 72.3 Å². The highest BCUT2D eigenvalue weighted by molar-refractivity contribution is 5.98. The first-order valence-corrected chi connectivity index (χ1v) is 12.6. The van der Waals surface area contributed by atoms with Crippen LogP contribution in [0.25, 0.3) is 11.1 Å². The van der Waals surface area contributed by atoms with E-state index >= 15 is 0 Å². The van der Waals surface area contributed by atoms with E-state index in [9.17, 15) is 14.7 Å². The summed E-state index contributed by atoms with van der Waals surface area (Å²) >= 11 is 0. The van der Waals surface area contributed by atoms with Crippen molar-refractivity contribution >= 4 is 11.8 Å². The summed E-state index contributed by atoms with van der Waals surface area (Å²) in [5.41, 5.74) is 5.03. The Morgan fingerprint density at radius 3 is 2.22 bits per heavy atom. The third-order valence-corrected chi connectivity index (χ3v) is 7.42. The van der Waals surface area contributed by atoms with Crippen molar-refractivity contribution < 1.29 is 24.2 Å². The Balaban J connectivity index is 1.08. The van der Waals surface area contributed by atoms with Crippen molar-refractivity contribution in [3.63, 3.8) is 0 Å². The second-order valence-electron chi connectivity index (χ2n) is 9.64. The zero-order valence-corrected chi connectivity index (χ0v) is 20.4. The fraction of sp³-hybridized carbons (Fsp3) is 0.310. The van der Waals surface area contributed by atoms with E-state index in [1.54, 1.807) is 4.90 Å². The average Bonchev–Trinajstić information content (AvgIpc) is 3.54. The van der Waals surface area contributed by atoms with Crippen molar-refractivity contribution in [2.45, 2.75) is 18.5 Å². The molecule has 1 saturated heterocycles. The molecule has 2 N–H and O–H groups in total. The highest BCUT2D eigenvalue weighted by Crippen LogP contribution is 2.44. The summed E-state index contributed by atoms with van der Waals surface area (Å²) in [5.74, 6) is 0.498. The second-order valence-corrected chi connectivity index (χ2v) is 9.64. The van der Waals surface area contributed by atoms with Gasteiger partial charge in [0.15, 0.2) is 11.5 Å². The van der Waals surface area contributed by atoms with Gasteiger partial charge in [0, 0.05) is 32.7 Å². The van der Waals surface area contributed by atoms with Crippen LogP contribution in [0.3, 0.4) is 0 Å². The highest BCUT2D eigenvalue weighted by Gasteiger charge is 2.36. The van der Waals surface area contributed by atoms with Crippen molar-refractivity contribution in [3.8, 4) is 22.6 Å². The lowest BCUT2D eigenvalue weighted by Gasteiger charge is -2.36. The molecule has 190 valence electrons. The molecule has 0 bridgehead atoms. The molecule has 3 aliphatic rings. The first-order chi connectivity index (χ1) is 18.1. The van der Waals surface area contributed by atoms with Gasteiger partial charge in [0.25, 0.3) is 0 Å². The number of nitrogens with one attached hydrogen (secondary N) is 1. The molecule has 3 aromatic rings. The number of hydrogen-bond donors (Lipinski definition) is 2. The molecular formula is C29H29N3O5. The van der Waals surface area contributed by atoms with Gasteiger partial charge >= 0.3 is 0 Å². The van der Waals surface area contributed by atoms with E-state index in [1.165, 1.54) is 0 Å². The smallest absolute Gasteiger partial charge is 0.247 e. The lowest BCUT2D eigenvalue weighted by atomic mass is 9.95. The van der Waals surface area contributed by atoms with Crippen LogP contribution in [0.4, 0.5) is 0 Å². The molecule has 0 spiro atoms. The summed E-state index contributed by atoms with van der Waals surface area (Å²) < 4.78 is 10.9. The third kappa shape index (κ3) is 4.43. The van der Waals surface area contributed by atoms with E-state index in [0.29, 0.717) is 26.2 Å². The van der Waals surface area contributed by atoms with Gasteiger partial charge in [-0.1, -0.05) is 54.6 Å². The van der Waals surface area contributed by atoms with E-state index in [2.05, 4.69) is 10.2 Å². The van der Waals surface area contributed by atoms with Gasteiger partial charge in [-0.15, -0.1) is 0 Å². The Kier molecular flexibility index (Phi) is 6.28. The number of nitrogens with zero attached hydrogens (tertiary/aromatic N) is 2. The van der Waals surface area contributed by atoms with Gasteiger partial charge in [-0.3, -0.25) is 14.5 Å². The number of fused-ring (bicyclic) bond motifs is 4. The Labute approximate surface area is 215 Å². The Morgan fingerprint density at radius 2 is 1.54 bits per heavy atom. The summed E-state index contributed by atoms with van der Waals surface area (Å²) in [4.78, 5) is 30.7. The molecule has 1 aliphatic carbocycles. The minimum atomic E-state index is -0.979. The maximum absolute atomic E-state index is 13.4. The minimum Gasteiger partial charge on any atom is -0.454 e. The van der Waals surface area contributed by atoms with Crippen LogP contribution in [-0.2, 0) is 16.1 Å². The Hall–Kier alpha value is -3.88. The molecule has 1 fully saturated rings. The van der Waals surface area contributed by atoms with Crippen molar-refractivity contribution in [1.29, 1.82) is 0 Å². The molecule has 0 radical (unpaired) electrons. The summed E-state index contributed by atoms with van der Waals surface area (Å²) in [6.07, 6.45) is 0. The molecule has 2 aliphatic heterocycles. The monoisotopic (exact) mass is 499 g/mol. The van der Waals surface area contributed by atoms with Crippen LogP contribution >= 0.6 is 0 Å². The summed E-state index contributed by atoms with van der Waals surface area (Å²) in [5, 5.41) is 12.9. The van der Waals surface area contributed by atoms with Crippen molar-refractivity contribution in [2.75, 3.05) is 39.6 Å². The zero-order valence-electron chi connectivity index (χ0n) is 20.4. The van der Waals surface area contributed by atoms with E-state index in [-0.39, 0.29) is 18.6 Å². The van der Waals surface area contributed by atoms with E-state index in [0.717, 1.165) is 45.9 Å². The fourth-order valence-electron chi connectivity index (χ4n) is 5.52. The van der Waals surface area contributed by atoms with Crippen LogP contribution in [0, 0.1) is 0 Å². The second kappa shape index (κ2) is 9.88. The molecule has 8 heteroatoms. The van der Waals surface area contributed by atoms with Crippen LogP contribution < -0.4 is 14.8 Å². The standard InChI is InChI=1S/C29H29N3O5/c33-17-24(30-28(34)27-22-7-3-1-5-20(22)21-6-2-4-8-23(21)27)29(35)32-13-11-31(12-14-32)16-19-9-10-25-26(15-19)37-18-36-25/h1-10,15,24,27,33H,11-14,16-18H2,(H,30,34). The number of carbonyl (C=O) groups is 2. The summed E-state index contributed by atoms with van der Waals surface area (Å²) in [7, 11) is 0. The van der Waals surface area contributed by atoms with E-state index in [4.69, 9.17) is 9.47 Å². The van der Waals surface area contributed by atoms with Gasteiger partial charge in [0.2, 0.25) is 18.6 Å². The van der Waals surface area contributed by atoms with Crippen molar-refractivity contribution in [1.82, 2.24) is 15.1 Å². The quantitative estimate of drug-likeness (QED) is 0.541. The molecule has 1 atom stereocenters. The van der Waals surface area contributed by atoms with Gasteiger partial charge in [-0.05, 0) is 39.9 Å². The van der Waals surface area contributed by atoms with Crippen LogP contribution in [0.5, 0.6) is 11.5 Å². The molecule has 0 saturated carbocycles. The largest absolute Gasteiger partial charge is 0.454 e. The average molecular weight is 500 g/mol. The number of rotatable bonds is 6. The SMILES string of the molecule is O=C(NC(CO)C(=O)N1CCN(Cc2ccc3c(c2)OCO3)CC1)C1c2ccccc2-c2ccccc21. The predicted octanol–water partition coefficient (Wildman–Crippen LogP) is 2.35. The topological polar surface area (TPSA) is 91.3 Å². The Morgan fingerprint density at radius 1 is 0.892 bits per heavy atom. The predicted molar refractivity (Wildman–Crippen MR) is 137 cm³/mol. The lowest BCUT2D eigenvalue weighted by molar-refractivity contribution is -0.139. The number of benzene rings is 3. The van der Waals surface area contributed by atoms with E-state index < -0.39 is 18.6 Å². The minimum absolute atomic E-state index is 0.252. The molecule has 6 rings (SSSR count). The lowest BCUT2D eigenvalue weighted by Crippen LogP contribution is -2.56. The Bertz CT molecular complexity index is 1290. The first-order valence-electron chi connectivity index (χ1n) is 12.6. The fourth-order valence-corrected chi connectivity index (χ4v) is 5.52.